The van der Waals surface area contributed by atoms with Crippen LogP contribution >= 0.6 is 0 Å². The van der Waals surface area contributed by atoms with E-state index in [1.54, 1.807) is 0 Å². The molecule has 0 atom stereocenters. The molecule has 0 saturated heterocycles. The first kappa shape index (κ1) is 15.6. The van der Waals surface area contributed by atoms with Crippen LogP contribution in [0.3, 0.4) is 0 Å². The third kappa shape index (κ3) is 5.82. The van der Waals surface area contributed by atoms with Crippen LogP contribution in [0, 0.1) is 0 Å². The van der Waals surface area contributed by atoms with E-state index in [0.29, 0.717) is 5.95 Å². The van der Waals surface area contributed by atoms with Gasteiger partial charge in [-0.15, -0.1) is 5.10 Å². The Bertz CT molecular complexity index is 398. The molecular formula is C11H17F3N4O. The van der Waals surface area contributed by atoms with Crippen molar-refractivity contribution < 1.29 is 17.9 Å². The largest absolute Gasteiger partial charge is 0.411 e. The van der Waals surface area contributed by atoms with E-state index >= 15 is 0 Å². The van der Waals surface area contributed by atoms with E-state index in [-0.39, 0.29) is 13.2 Å². The summed E-state index contributed by atoms with van der Waals surface area (Å²) in [6.07, 6.45) is -2.81. The van der Waals surface area contributed by atoms with E-state index in [4.69, 9.17) is 0 Å². The highest BCUT2D eigenvalue weighted by atomic mass is 19.4. The van der Waals surface area contributed by atoms with E-state index in [0.717, 1.165) is 24.2 Å². The lowest BCUT2D eigenvalue weighted by molar-refractivity contribution is -0.172. The quantitative estimate of drug-likeness (QED) is 0.773. The molecule has 0 saturated carbocycles. The maximum Gasteiger partial charge on any atom is 0.411 e. The highest BCUT2D eigenvalue weighted by Crippen LogP contribution is 2.14. The Balaban J connectivity index is 2.37. The minimum Gasteiger partial charge on any atom is -0.370 e. The molecule has 1 rings (SSSR count). The van der Waals surface area contributed by atoms with Crippen molar-refractivity contribution in [2.45, 2.75) is 32.9 Å². The van der Waals surface area contributed by atoms with Crippen LogP contribution in [0.15, 0.2) is 0 Å². The topological polar surface area (TPSA) is 59.9 Å². The smallest absolute Gasteiger partial charge is 0.370 e. The fraction of sp³-hybridized carbons (Fsp3) is 0.727. The fourth-order valence-corrected chi connectivity index (χ4v) is 1.44. The molecule has 5 nitrogen and oxygen atoms in total. The van der Waals surface area contributed by atoms with Crippen LogP contribution in [0.5, 0.6) is 0 Å². The molecule has 1 aromatic rings. The Morgan fingerprint density at radius 2 is 1.79 bits per heavy atom. The number of ether oxygens (including phenoxy) is 1. The number of alkyl halides is 3. The molecule has 0 unspecified atom stereocenters. The molecule has 0 fully saturated rings. The molecule has 108 valence electrons. The number of aromatic nitrogens is 3. The van der Waals surface area contributed by atoms with Crippen molar-refractivity contribution in [2.75, 3.05) is 25.1 Å². The summed E-state index contributed by atoms with van der Waals surface area (Å²) in [6, 6.07) is 0. The minimum atomic E-state index is -4.30. The van der Waals surface area contributed by atoms with Crippen LogP contribution in [0.1, 0.15) is 25.2 Å². The molecule has 8 heteroatoms. The van der Waals surface area contributed by atoms with Gasteiger partial charge >= 0.3 is 6.18 Å². The predicted octanol–water partition coefficient (Wildman–Crippen LogP) is 1.99. The molecular weight excluding hydrogens is 261 g/mol. The summed E-state index contributed by atoms with van der Waals surface area (Å²) in [5.74, 6) is 0.310. The van der Waals surface area contributed by atoms with E-state index in [1.165, 1.54) is 0 Å². The van der Waals surface area contributed by atoms with Crippen molar-refractivity contribution in [1.82, 2.24) is 15.2 Å². The molecule has 0 aliphatic rings. The third-order valence-corrected chi connectivity index (χ3v) is 2.30. The first-order valence-electron chi connectivity index (χ1n) is 6.07. The molecule has 0 bridgehead atoms. The molecule has 0 radical (unpaired) electrons. The highest BCUT2D eigenvalue weighted by Gasteiger charge is 2.27. The molecule has 0 spiro atoms. The molecule has 0 amide bonds. The van der Waals surface area contributed by atoms with Gasteiger partial charge in [-0.2, -0.15) is 18.3 Å². The molecule has 1 N–H and O–H groups in total. The molecule has 0 aliphatic carbocycles. The minimum absolute atomic E-state index is 0.0696. The van der Waals surface area contributed by atoms with E-state index in [2.05, 4.69) is 25.2 Å². The average Bonchev–Trinajstić information content (AvgIpc) is 2.36. The van der Waals surface area contributed by atoms with Gasteiger partial charge in [0.1, 0.15) is 6.61 Å². The van der Waals surface area contributed by atoms with Gasteiger partial charge in [-0.25, -0.2) is 4.98 Å². The zero-order valence-corrected chi connectivity index (χ0v) is 10.9. The number of halogens is 3. The van der Waals surface area contributed by atoms with Gasteiger partial charge in [0.05, 0.1) is 18.0 Å². The van der Waals surface area contributed by atoms with E-state index in [9.17, 15) is 13.2 Å². The van der Waals surface area contributed by atoms with E-state index in [1.807, 2.05) is 13.8 Å². The van der Waals surface area contributed by atoms with Crippen LogP contribution in [-0.4, -0.2) is 41.1 Å². The number of hydrogen-bond donors (Lipinski definition) is 1. The van der Waals surface area contributed by atoms with E-state index < -0.39 is 12.8 Å². The van der Waals surface area contributed by atoms with Crippen molar-refractivity contribution in [3.63, 3.8) is 0 Å². The van der Waals surface area contributed by atoms with Crippen LogP contribution in [0.4, 0.5) is 19.1 Å². The third-order valence-electron chi connectivity index (χ3n) is 2.30. The summed E-state index contributed by atoms with van der Waals surface area (Å²) in [7, 11) is 0. The summed E-state index contributed by atoms with van der Waals surface area (Å²) in [5.41, 5.74) is 1.68. The molecule has 19 heavy (non-hydrogen) atoms. The van der Waals surface area contributed by atoms with Crippen LogP contribution in [-0.2, 0) is 17.6 Å². The number of nitrogens with zero attached hydrogens (tertiary/aromatic N) is 3. The Morgan fingerprint density at radius 3 is 2.37 bits per heavy atom. The summed E-state index contributed by atoms with van der Waals surface area (Å²) in [4.78, 5) is 4.25. The Morgan fingerprint density at radius 1 is 1.11 bits per heavy atom. The average molecular weight is 278 g/mol. The fourth-order valence-electron chi connectivity index (χ4n) is 1.44. The van der Waals surface area contributed by atoms with Gasteiger partial charge in [0.2, 0.25) is 5.95 Å². The van der Waals surface area contributed by atoms with Crippen molar-refractivity contribution in [3.8, 4) is 0 Å². The van der Waals surface area contributed by atoms with Gasteiger partial charge in [-0.1, -0.05) is 13.8 Å². The van der Waals surface area contributed by atoms with Gasteiger partial charge in [0, 0.05) is 6.54 Å². The van der Waals surface area contributed by atoms with Gasteiger partial charge in [-0.05, 0) is 12.8 Å². The molecule has 0 aromatic carbocycles. The van der Waals surface area contributed by atoms with Gasteiger partial charge in [0.15, 0.2) is 0 Å². The summed E-state index contributed by atoms with van der Waals surface area (Å²) in [5, 5.41) is 10.6. The van der Waals surface area contributed by atoms with Crippen LogP contribution in [0.2, 0.25) is 0 Å². The number of hydrogen-bond acceptors (Lipinski definition) is 5. The number of anilines is 1. The molecule has 1 heterocycles. The summed E-state index contributed by atoms with van der Waals surface area (Å²) < 4.78 is 39.9. The Kier molecular flexibility index (Phi) is 5.94. The second kappa shape index (κ2) is 7.22. The first-order valence-corrected chi connectivity index (χ1v) is 6.07. The molecule has 0 aliphatic heterocycles. The van der Waals surface area contributed by atoms with Gasteiger partial charge in [-0.3, -0.25) is 0 Å². The second-order valence-electron chi connectivity index (χ2n) is 3.83. The normalized spacial score (nSPS) is 11.6. The van der Waals surface area contributed by atoms with Crippen LogP contribution in [0.25, 0.3) is 0 Å². The maximum absolute atomic E-state index is 11.8. The summed E-state index contributed by atoms with van der Waals surface area (Å²) >= 11 is 0. The van der Waals surface area contributed by atoms with Crippen molar-refractivity contribution in [1.29, 1.82) is 0 Å². The lowest BCUT2D eigenvalue weighted by Gasteiger charge is -2.09. The maximum atomic E-state index is 11.8. The lowest BCUT2D eigenvalue weighted by Crippen LogP contribution is -2.20. The van der Waals surface area contributed by atoms with Crippen molar-refractivity contribution in [2.24, 2.45) is 0 Å². The van der Waals surface area contributed by atoms with Crippen molar-refractivity contribution in [3.05, 3.63) is 11.4 Å². The lowest BCUT2D eigenvalue weighted by atomic mass is 10.2. The number of nitrogens with one attached hydrogen (secondary N) is 1. The van der Waals surface area contributed by atoms with Gasteiger partial charge in [0.25, 0.3) is 0 Å². The Labute approximate surface area is 109 Å². The van der Waals surface area contributed by atoms with Crippen molar-refractivity contribution >= 4 is 5.95 Å². The van der Waals surface area contributed by atoms with Gasteiger partial charge < -0.3 is 10.1 Å². The first-order chi connectivity index (χ1) is 8.96. The Hall–Kier alpha value is -1.44. The zero-order valence-electron chi connectivity index (χ0n) is 10.9. The monoisotopic (exact) mass is 278 g/mol. The zero-order chi connectivity index (χ0) is 14.3. The number of aryl methyl sites for hydroxylation is 2. The van der Waals surface area contributed by atoms with Crippen LogP contribution < -0.4 is 5.32 Å². The highest BCUT2D eigenvalue weighted by molar-refractivity contribution is 5.25. The number of rotatable bonds is 7. The summed E-state index contributed by atoms with van der Waals surface area (Å²) in [6.45, 7) is 2.80. The molecule has 1 aromatic heterocycles. The second-order valence-corrected chi connectivity index (χ2v) is 3.83. The SMILES string of the molecule is CCc1nnc(NCCOCC(F)(F)F)nc1CC. The standard InChI is InChI=1S/C11H17F3N4O/c1-3-8-9(4-2)17-18-10(16-8)15-5-6-19-7-11(12,13)14/h3-7H2,1-2H3,(H,15,16,18). The predicted molar refractivity (Wildman–Crippen MR) is 63.9 cm³/mol.